The van der Waals surface area contributed by atoms with Gasteiger partial charge in [0.2, 0.25) is 0 Å². The molecule has 0 saturated carbocycles. The molecule has 0 unspecified atom stereocenters. The zero-order chi connectivity index (χ0) is 8.23. The maximum Gasteiger partial charge on any atom is 0.0397 e. The highest BCUT2D eigenvalue weighted by atomic mass is 79.9. The van der Waals surface area contributed by atoms with Crippen molar-refractivity contribution in [2.75, 3.05) is 31.1 Å². The standard InChI is InChI=1S/C9H13N3.BrH.ClH/c1-3-10-4-2-9(1)12-7-5-11-6-8-12;;/h1-4,11H,5-8H2;2*1H. The van der Waals surface area contributed by atoms with Crippen LogP contribution in [0.1, 0.15) is 0 Å². The van der Waals surface area contributed by atoms with Crippen LogP contribution in [0.5, 0.6) is 0 Å². The number of pyridine rings is 1. The van der Waals surface area contributed by atoms with Gasteiger partial charge in [0.25, 0.3) is 0 Å². The lowest BCUT2D eigenvalue weighted by molar-refractivity contribution is 0.589. The average molecular weight is 281 g/mol. The molecule has 0 aromatic carbocycles. The monoisotopic (exact) mass is 279 g/mol. The van der Waals surface area contributed by atoms with Crippen LogP contribution < -0.4 is 10.2 Å². The molecule has 1 aromatic heterocycles. The Morgan fingerprint density at radius 1 is 1.14 bits per heavy atom. The van der Waals surface area contributed by atoms with Crippen molar-refractivity contribution in [2.24, 2.45) is 0 Å². The Hall–Kier alpha value is -0.320. The number of nitrogens with zero attached hydrogens (tertiary/aromatic N) is 2. The van der Waals surface area contributed by atoms with Crippen molar-refractivity contribution in [3.63, 3.8) is 0 Å². The molecule has 80 valence electrons. The summed E-state index contributed by atoms with van der Waals surface area (Å²) in [6, 6.07) is 4.12. The number of nitrogens with one attached hydrogen (secondary N) is 1. The normalized spacial score (nSPS) is 15.3. The van der Waals surface area contributed by atoms with Crippen molar-refractivity contribution in [1.82, 2.24) is 10.3 Å². The summed E-state index contributed by atoms with van der Waals surface area (Å²) in [5, 5.41) is 3.33. The molecule has 2 rings (SSSR count). The lowest BCUT2D eigenvalue weighted by atomic mass is 10.3. The molecule has 0 bridgehead atoms. The van der Waals surface area contributed by atoms with Gasteiger partial charge in [0.05, 0.1) is 0 Å². The van der Waals surface area contributed by atoms with E-state index in [1.165, 1.54) is 5.69 Å². The van der Waals surface area contributed by atoms with Gasteiger partial charge in [-0.1, -0.05) is 0 Å². The molecule has 0 amide bonds. The van der Waals surface area contributed by atoms with Crippen LogP contribution >= 0.6 is 29.4 Å². The number of halogens is 2. The molecule has 1 aliphatic rings. The summed E-state index contributed by atoms with van der Waals surface area (Å²) < 4.78 is 0. The summed E-state index contributed by atoms with van der Waals surface area (Å²) >= 11 is 0. The topological polar surface area (TPSA) is 28.2 Å². The first-order valence-electron chi connectivity index (χ1n) is 4.32. The molecule has 1 aliphatic heterocycles. The van der Waals surface area contributed by atoms with Crippen LogP contribution in [0.2, 0.25) is 0 Å². The Morgan fingerprint density at radius 3 is 2.29 bits per heavy atom. The largest absolute Gasteiger partial charge is 0.369 e. The third-order valence-corrected chi connectivity index (χ3v) is 2.14. The van der Waals surface area contributed by atoms with E-state index in [-0.39, 0.29) is 29.4 Å². The van der Waals surface area contributed by atoms with E-state index < -0.39 is 0 Å². The van der Waals surface area contributed by atoms with Crippen molar-refractivity contribution >= 4 is 35.1 Å². The zero-order valence-electron chi connectivity index (χ0n) is 7.85. The van der Waals surface area contributed by atoms with Crippen LogP contribution in [-0.4, -0.2) is 31.2 Å². The van der Waals surface area contributed by atoms with Gasteiger partial charge < -0.3 is 10.2 Å². The van der Waals surface area contributed by atoms with E-state index in [0.29, 0.717) is 0 Å². The number of piperazine rings is 1. The average Bonchev–Trinajstić information content (AvgIpc) is 2.21. The molecule has 1 fully saturated rings. The lowest BCUT2D eigenvalue weighted by Crippen LogP contribution is -2.43. The third kappa shape index (κ3) is 3.44. The fourth-order valence-corrected chi connectivity index (χ4v) is 1.48. The number of hydrogen-bond donors (Lipinski definition) is 1. The predicted molar refractivity (Wildman–Crippen MR) is 66.9 cm³/mol. The first kappa shape index (κ1) is 13.7. The second kappa shape index (κ2) is 7.04. The second-order valence-corrected chi connectivity index (χ2v) is 2.94. The summed E-state index contributed by atoms with van der Waals surface area (Å²) in [4.78, 5) is 6.37. The Balaban J connectivity index is 0.000000845. The van der Waals surface area contributed by atoms with E-state index in [4.69, 9.17) is 0 Å². The quantitative estimate of drug-likeness (QED) is 0.845. The molecule has 0 radical (unpaired) electrons. The zero-order valence-corrected chi connectivity index (χ0v) is 10.4. The number of aromatic nitrogens is 1. The Morgan fingerprint density at radius 2 is 1.71 bits per heavy atom. The van der Waals surface area contributed by atoms with E-state index in [1.807, 2.05) is 12.4 Å². The number of hydrogen-bond acceptors (Lipinski definition) is 3. The molecule has 1 aromatic rings. The maximum absolute atomic E-state index is 4.00. The highest BCUT2D eigenvalue weighted by Gasteiger charge is 2.08. The summed E-state index contributed by atoms with van der Waals surface area (Å²) in [6.07, 6.45) is 3.69. The lowest BCUT2D eigenvalue weighted by Gasteiger charge is -2.29. The highest BCUT2D eigenvalue weighted by molar-refractivity contribution is 8.93. The molecule has 0 atom stereocenters. The second-order valence-electron chi connectivity index (χ2n) is 2.94. The van der Waals surface area contributed by atoms with E-state index in [9.17, 15) is 0 Å². The summed E-state index contributed by atoms with van der Waals surface area (Å²) in [6.45, 7) is 4.37. The third-order valence-electron chi connectivity index (χ3n) is 2.14. The molecule has 1 saturated heterocycles. The molecule has 14 heavy (non-hydrogen) atoms. The molecule has 0 spiro atoms. The summed E-state index contributed by atoms with van der Waals surface area (Å²) in [5.41, 5.74) is 1.28. The Labute approximate surface area is 101 Å². The van der Waals surface area contributed by atoms with Crippen LogP contribution in [0, 0.1) is 0 Å². The minimum Gasteiger partial charge on any atom is -0.369 e. The molecule has 2 heterocycles. The SMILES string of the molecule is Br.Cl.c1cc(N2CCNCC2)ccn1. The van der Waals surface area contributed by atoms with Crippen LogP contribution in [0.4, 0.5) is 5.69 Å². The molecule has 5 heteroatoms. The van der Waals surface area contributed by atoms with Gasteiger partial charge in [-0.15, -0.1) is 29.4 Å². The van der Waals surface area contributed by atoms with Gasteiger partial charge in [-0.3, -0.25) is 4.98 Å². The van der Waals surface area contributed by atoms with Gasteiger partial charge in [-0.25, -0.2) is 0 Å². The Kier molecular flexibility index (Phi) is 6.87. The molecular formula is C9H15BrClN3. The van der Waals surface area contributed by atoms with E-state index in [2.05, 4.69) is 27.3 Å². The van der Waals surface area contributed by atoms with E-state index in [1.54, 1.807) is 0 Å². The van der Waals surface area contributed by atoms with Crippen molar-refractivity contribution in [3.8, 4) is 0 Å². The van der Waals surface area contributed by atoms with Gasteiger partial charge in [0.1, 0.15) is 0 Å². The van der Waals surface area contributed by atoms with Crippen LogP contribution in [-0.2, 0) is 0 Å². The predicted octanol–water partition coefficient (Wildman–Crippen LogP) is 1.49. The highest BCUT2D eigenvalue weighted by Crippen LogP contribution is 2.11. The van der Waals surface area contributed by atoms with Crippen molar-refractivity contribution in [2.45, 2.75) is 0 Å². The minimum absolute atomic E-state index is 0. The van der Waals surface area contributed by atoms with Crippen LogP contribution in [0.15, 0.2) is 24.5 Å². The number of anilines is 1. The van der Waals surface area contributed by atoms with E-state index >= 15 is 0 Å². The molecular weight excluding hydrogens is 265 g/mol. The smallest absolute Gasteiger partial charge is 0.0397 e. The molecule has 1 N–H and O–H groups in total. The van der Waals surface area contributed by atoms with Crippen molar-refractivity contribution in [3.05, 3.63) is 24.5 Å². The van der Waals surface area contributed by atoms with E-state index in [0.717, 1.165) is 26.2 Å². The summed E-state index contributed by atoms with van der Waals surface area (Å²) in [5.74, 6) is 0. The van der Waals surface area contributed by atoms with Gasteiger partial charge >= 0.3 is 0 Å². The van der Waals surface area contributed by atoms with Crippen LogP contribution in [0.3, 0.4) is 0 Å². The van der Waals surface area contributed by atoms with Gasteiger partial charge in [0, 0.05) is 44.3 Å². The maximum atomic E-state index is 4.00. The van der Waals surface area contributed by atoms with Gasteiger partial charge in [0.15, 0.2) is 0 Å². The molecule has 0 aliphatic carbocycles. The van der Waals surface area contributed by atoms with Crippen molar-refractivity contribution in [1.29, 1.82) is 0 Å². The minimum atomic E-state index is 0. The first-order chi connectivity index (χ1) is 5.97. The fourth-order valence-electron chi connectivity index (χ4n) is 1.48. The van der Waals surface area contributed by atoms with Gasteiger partial charge in [-0.2, -0.15) is 0 Å². The first-order valence-corrected chi connectivity index (χ1v) is 4.32. The molecule has 3 nitrogen and oxygen atoms in total. The van der Waals surface area contributed by atoms with Gasteiger partial charge in [-0.05, 0) is 12.1 Å². The summed E-state index contributed by atoms with van der Waals surface area (Å²) in [7, 11) is 0. The number of rotatable bonds is 1. The van der Waals surface area contributed by atoms with Crippen molar-refractivity contribution < 1.29 is 0 Å². The van der Waals surface area contributed by atoms with Crippen LogP contribution in [0.25, 0.3) is 0 Å². The Bertz CT molecular complexity index is 239. The fraction of sp³-hybridized carbons (Fsp3) is 0.444.